The van der Waals surface area contributed by atoms with Gasteiger partial charge in [0.2, 0.25) is 0 Å². The monoisotopic (exact) mass is 293 g/mol. The summed E-state index contributed by atoms with van der Waals surface area (Å²) >= 11 is 0. The largest absolute Gasteiger partial charge is 0.451 e. The summed E-state index contributed by atoms with van der Waals surface area (Å²) in [5.41, 5.74) is 2.74. The van der Waals surface area contributed by atoms with Crippen molar-refractivity contribution in [2.45, 2.75) is 26.3 Å². The molecule has 3 rings (SSSR count). The number of benzene rings is 2. The van der Waals surface area contributed by atoms with Crippen LogP contribution in [0.25, 0.3) is 11.0 Å². The van der Waals surface area contributed by atoms with Crippen LogP contribution in [0.1, 0.15) is 41.1 Å². The normalized spacial score (nSPS) is 12.3. The number of rotatable bonds is 4. The Balaban J connectivity index is 1.88. The zero-order valence-electron chi connectivity index (χ0n) is 12.8. The fraction of sp³-hybridized carbons (Fsp3) is 0.211. The van der Waals surface area contributed by atoms with Crippen molar-refractivity contribution in [1.82, 2.24) is 5.32 Å². The van der Waals surface area contributed by atoms with E-state index in [1.54, 1.807) is 0 Å². The molecule has 0 unspecified atom stereocenters. The number of furan rings is 1. The number of fused-ring (bicyclic) bond motifs is 1. The van der Waals surface area contributed by atoms with Gasteiger partial charge in [0.15, 0.2) is 5.76 Å². The molecule has 0 radical (unpaired) electrons. The molecule has 1 amide bonds. The molecule has 3 nitrogen and oxygen atoms in total. The van der Waals surface area contributed by atoms with E-state index in [4.69, 9.17) is 4.42 Å². The Labute approximate surface area is 130 Å². The number of carbonyl (C=O) groups excluding carboxylic acids is 1. The lowest BCUT2D eigenvalue weighted by Crippen LogP contribution is -2.28. The van der Waals surface area contributed by atoms with Crippen molar-refractivity contribution in [3.63, 3.8) is 0 Å². The summed E-state index contributed by atoms with van der Waals surface area (Å²) in [4.78, 5) is 12.6. The van der Waals surface area contributed by atoms with Crippen molar-refractivity contribution in [1.29, 1.82) is 0 Å². The van der Waals surface area contributed by atoms with Gasteiger partial charge in [0, 0.05) is 10.9 Å². The minimum atomic E-state index is -0.163. The zero-order chi connectivity index (χ0) is 15.5. The maximum absolute atomic E-state index is 12.6. The number of aryl methyl sites for hydroxylation is 1. The summed E-state index contributed by atoms with van der Waals surface area (Å²) < 4.78 is 5.73. The van der Waals surface area contributed by atoms with Crippen molar-refractivity contribution >= 4 is 16.9 Å². The van der Waals surface area contributed by atoms with Gasteiger partial charge in [-0.25, -0.2) is 0 Å². The van der Waals surface area contributed by atoms with E-state index in [1.807, 2.05) is 61.5 Å². The lowest BCUT2D eigenvalue weighted by molar-refractivity contribution is 0.0909. The SMILES string of the molecule is CC[C@H](NC(=O)c1oc2ccccc2c1C)c1ccccc1. The molecular weight excluding hydrogens is 274 g/mol. The summed E-state index contributed by atoms with van der Waals surface area (Å²) in [5, 5.41) is 4.05. The second-order valence-corrected chi connectivity index (χ2v) is 5.40. The maximum Gasteiger partial charge on any atom is 0.287 e. The topological polar surface area (TPSA) is 42.2 Å². The minimum absolute atomic E-state index is 0.0127. The van der Waals surface area contributed by atoms with Gasteiger partial charge in [0.1, 0.15) is 5.58 Å². The Bertz CT molecular complexity index is 790. The highest BCUT2D eigenvalue weighted by atomic mass is 16.3. The predicted octanol–water partition coefficient (Wildman–Crippen LogP) is 4.62. The molecule has 0 fully saturated rings. The van der Waals surface area contributed by atoms with Crippen LogP contribution < -0.4 is 5.32 Å². The molecule has 0 spiro atoms. The average molecular weight is 293 g/mol. The molecule has 0 bridgehead atoms. The van der Waals surface area contributed by atoms with Crippen LogP contribution in [0.3, 0.4) is 0 Å². The van der Waals surface area contributed by atoms with Gasteiger partial charge in [-0.15, -0.1) is 0 Å². The van der Waals surface area contributed by atoms with E-state index < -0.39 is 0 Å². The predicted molar refractivity (Wildman–Crippen MR) is 87.9 cm³/mol. The molecule has 3 aromatic rings. The first-order chi connectivity index (χ1) is 10.7. The van der Waals surface area contributed by atoms with Crippen LogP contribution in [-0.4, -0.2) is 5.91 Å². The third-order valence-corrected chi connectivity index (χ3v) is 3.97. The fourth-order valence-corrected chi connectivity index (χ4v) is 2.72. The Hall–Kier alpha value is -2.55. The van der Waals surface area contributed by atoms with Crippen molar-refractivity contribution in [3.05, 3.63) is 71.5 Å². The Morgan fingerprint density at radius 1 is 1.09 bits per heavy atom. The summed E-state index contributed by atoms with van der Waals surface area (Å²) in [6.07, 6.45) is 0.828. The maximum atomic E-state index is 12.6. The third-order valence-electron chi connectivity index (χ3n) is 3.97. The van der Waals surface area contributed by atoms with Crippen molar-refractivity contribution in [2.24, 2.45) is 0 Å². The van der Waals surface area contributed by atoms with Crippen molar-refractivity contribution in [3.8, 4) is 0 Å². The van der Waals surface area contributed by atoms with Crippen LogP contribution in [0, 0.1) is 6.92 Å². The van der Waals surface area contributed by atoms with Crippen LogP contribution >= 0.6 is 0 Å². The van der Waals surface area contributed by atoms with Gasteiger partial charge < -0.3 is 9.73 Å². The Morgan fingerprint density at radius 2 is 1.77 bits per heavy atom. The average Bonchev–Trinajstić information content (AvgIpc) is 2.91. The number of para-hydroxylation sites is 1. The molecule has 0 aliphatic heterocycles. The van der Waals surface area contributed by atoms with Crippen LogP contribution in [0.4, 0.5) is 0 Å². The summed E-state index contributed by atoms with van der Waals surface area (Å²) in [5.74, 6) is 0.236. The molecule has 1 aromatic heterocycles. The van der Waals surface area contributed by atoms with E-state index in [2.05, 4.69) is 12.2 Å². The summed E-state index contributed by atoms with van der Waals surface area (Å²) in [6, 6.07) is 17.7. The van der Waals surface area contributed by atoms with E-state index in [-0.39, 0.29) is 11.9 Å². The smallest absolute Gasteiger partial charge is 0.287 e. The standard InChI is InChI=1S/C19H19NO2/c1-3-16(14-9-5-4-6-10-14)20-19(21)18-13(2)15-11-7-8-12-17(15)22-18/h4-12,16H,3H2,1-2H3,(H,20,21)/t16-/m0/s1. The third kappa shape index (κ3) is 2.62. The zero-order valence-corrected chi connectivity index (χ0v) is 12.8. The second-order valence-electron chi connectivity index (χ2n) is 5.40. The van der Waals surface area contributed by atoms with Crippen molar-refractivity contribution < 1.29 is 9.21 Å². The minimum Gasteiger partial charge on any atom is -0.451 e. The molecule has 112 valence electrons. The lowest BCUT2D eigenvalue weighted by Gasteiger charge is -2.16. The quantitative estimate of drug-likeness (QED) is 0.762. The van der Waals surface area contributed by atoms with E-state index in [1.165, 1.54) is 0 Å². The van der Waals surface area contributed by atoms with Crippen molar-refractivity contribution in [2.75, 3.05) is 0 Å². The summed E-state index contributed by atoms with van der Waals surface area (Å²) in [7, 11) is 0. The number of nitrogens with one attached hydrogen (secondary N) is 1. The number of carbonyl (C=O) groups is 1. The molecule has 3 heteroatoms. The molecule has 22 heavy (non-hydrogen) atoms. The molecule has 0 aliphatic rings. The van der Waals surface area contributed by atoms with Gasteiger partial charge in [0.25, 0.3) is 5.91 Å². The molecule has 0 saturated carbocycles. The first-order valence-corrected chi connectivity index (χ1v) is 7.54. The Morgan fingerprint density at radius 3 is 2.45 bits per heavy atom. The van der Waals surface area contributed by atoms with Crippen LogP contribution in [-0.2, 0) is 0 Å². The molecular formula is C19H19NO2. The van der Waals surface area contributed by atoms with Gasteiger partial charge in [-0.2, -0.15) is 0 Å². The molecule has 1 atom stereocenters. The van der Waals surface area contributed by atoms with Gasteiger partial charge in [-0.1, -0.05) is 55.5 Å². The first kappa shape index (κ1) is 14.4. The highest BCUT2D eigenvalue weighted by Gasteiger charge is 2.20. The number of hydrogen-bond acceptors (Lipinski definition) is 2. The highest BCUT2D eigenvalue weighted by molar-refractivity contribution is 5.99. The lowest BCUT2D eigenvalue weighted by atomic mass is 10.0. The molecule has 0 aliphatic carbocycles. The van der Waals surface area contributed by atoms with Crippen LogP contribution in [0.15, 0.2) is 59.0 Å². The van der Waals surface area contributed by atoms with E-state index >= 15 is 0 Å². The number of hydrogen-bond donors (Lipinski definition) is 1. The van der Waals surface area contributed by atoms with Crippen LogP contribution in [0.5, 0.6) is 0 Å². The van der Waals surface area contributed by atoms with E-state index in [9.17, 15) is 4.79 Å². The highest BCUT2D eigenvalue weighted by Crippen LogP contribution is 2.26. The van der Waals surface area contributed by atoms with E-state index in [0.29, 0.717) is 5.76 Å². The molecule has 0 saturated heterocycles. The van der Waals surface area contributed by atoms with Crippen LogP contribution in [0.2, 0.25) is 0 Å². The fourth-order valence-electron chi connectivity index (χ4n) is 2.72. The molecule has 2 aromatic carbocycles. The first-order valence-electron chi connectivity index (χ1n) is 7.54. The van der Waals surface area contributed by atoms with E-state index in [0.717, 1.165) is 28.5 Å². The summed E-state index contributed by atoms with van der Waals surface area (Å²) in [6.45, 7) is 3.98. The van der Waals surface area contributed by atoms with Gasteiger partial charge in [0.05, 0.1) is 6.04 Å². The van der Waals surface area contributed by atoms with Gasteiger partial charge >= 0.3 is 0 Å². The Kier molecular flexibility index (Phi) is 3.96. The second kappa shape index (κ2) is 6.06. The van der Waals surface area contributed by atoms with Gasteiger partial charge in [-0.05, 0) is 25.0 Å². The molecule has 1 N–H and O–H groups in total. The molecule has 1 heterocycles. The van der Waals surface area contributed by atoms with Gasteiger partial charge in [-0.3, -0.25) is 4.79 Å². The number of amides is 1.